The van der Waals surface area contributed by atoms with E-state index in [0.717, 1.165) is 0 Å². The van der Waals surface area contributed by atoms with Gasteiger partial charge in [0.1, 0.15) is 0 Å². The molecule has 2 heteroatoms. The van der Waals surface area contributed by atoms with Crippen LogP contribution in [0.2, 0.25) is 29.8 Å². The van der Waals surface area contributed by atoms with Crippen LogP contribution in [0.15, 0.2) is 86.0 Å². The van der Waals surface area contributed by atoms with Crippen LogP contribution in [0.5, 0.6) is 0 Å². The third-order valence-electron chi connectivity index (χ3n) is 6.65. The van der Waals surface area contributed by atoms with Gasteiger partial charge in [0, 0.05) is 4.66 Å². The molecule has 2 unspecified atom stereocenters. The van der Waals surface area contributed by atoms with E-state index in [9.17, 15) is 0 Å². The summed E-state index contributed by atoms with van der Waals surface area (Å²) in [5.74, 6) is 0. The Morgan fingerprint density at radius 2 is 1.12 bits per heavy atom. The van der Waals surface area contributed by atoms with Crippen LogP contribution in [0, 0.1) is 0 Å². The minimum absolute atomic E-state index is 0.0843. The molecular formula is C22H28Si2. The highest BCUT2D eigenvalue weighted by molar-refractivity contribution is 7.13. The summed E-state index contributed by atoms with van der Waals surface area (Å²) < 4.78 is 0.0843. The van der Waals surface area contributed by atoms with Gasteiger partial charge in [0.15, 0.2) is 0 Å². The topological polar surface area (TPSA) is 0 Å². The zero-order chi connectivity index (χ0) is 17.3. The first-order valence-corrected chi connectivity index (χ1v) is 14.3. The molecule has 2 aromatic carbocycles. The van der Waals surface area contributed by atoms with Crippen molar-refractivity contribution in [3.8, 4) is 0 Å². The summed E-state index contributed by atoms with van der Waals surface area (Å²) in [4.78, 5) is 0. The van der Waals surface area contributed by atoms with Gasteiger partial charge in [0.05, 0.1) is 16.1 Å². The number of rotatable bonds is 4. The summed E-state index contributed by atoms with van der Waals surface area (Å²) in [6.45, 7) is 13.9. The monoisotopic (exact) mass is 348 g/mol. The molecule has 0 N–H and O–H groups in total. The molecule has 0 aliphatic carbocycles. The Morgan fingerprint density at radius 1 is 0.750 bits per heavy atom. The second kappa shape index (κ2) is 6.34. The number of hydrogen-bond acceptors (Lipinski definition) is 0. The van der Waals surface area contributed by atoms with Crippen LogP contribution in [-0.4, -0.2) is 16.1 Å². The van der Waals surface area contributed by atoms with Crippen molar-refractivity contribution in [1.82, 2.24) is 0 Å². The first-order chi connectivity index (χ1) is 11.5. The fourth-order valence-corrected chi connectivity index (χ4v) is 19.8. The first kappa shape index (κ1) is 17.2. The van der Waals surface area contributed by atoms with Crippen LogP contribution in [0.3, 0.4) is 0 Å². The molecule has 1 saturated heterocycles. The molecule has 0 aromatic heterocycles. The van der Waals surface area contributed by atoms with Gasteiger partial charge in [-0.2, -0.15) is 0 Å². The quantitative estimate of drug-likeness (QED) is 0.538. The molecule has 0 amide bonds. The van der Waals surface area contributed by atoms with E-state index in [-0.39, 0.29) is 4.66 Å². The van der Waals surface area contributed by atoms with Crippen LogP contribution < -0.4 is 10.4 Å². The molecule has 2 aromatic rings. The molecular weight excluding hydrogens is 320 g/mol. The van der Waals surface area contributed by atoms with Crippen LogP contribution in [0.25, 0.3) is 0 Å². The Hall–Kier alpha value is -1.65. The lowest BCUT2D eigenvalue weighted by Crippen LogP contribution is -2.70. The number of allylic oxidation sites excluding steroid dienone is 2. The largest absolute Gasteiger partial charge is 0.103 e. The van der Waals surface area contributed by atoms with Crippen molar-refractivity contribution >= 4 is 26.5 Å². The summed E-state index contributed by atoms with van der Waals surface area (Å²) in [6, 6.07) is 25.1. The Labute approximate surface area is 149 Å². The smallest absolute Gasteiger partial charge is 0.0951 e. The molecule has 2 atom stereocenters. The molecule has 3 rings (SSSR count). The molecule has 1 aliphatic heterocycles. The van der Waals surface area contributed by atoms with Crippen molar-refractivity contribution in [1.29, 1.82) is 0 Å². The zero-order valence-corrected chi connectivity index (χ0v) is 17.0. The van der Waals surface area contributed by atoms with Gasteiger partial charge >= 0.3 is 0 Å². The van der Waals surface area contributed by atoms with Gasteiger partial charge < -0.3 is 0 Å². The first-order valence-electron chi connectivity index (χ1n) is 8.92. The second-order valence-electron chi connectivity index (χ2n) is 7.53. The third-order valence-corrected chi connectivity index (χ3v) is 20.3. The lowest BCUT2D eigenvalue weighted by molar-refractivity contribution is 0.901. The number of hydrogen-bond donors (Lipinski definition) is 0. The predicted octanol–water partition coefficient (Wildman–Crippen LogP) is 5.01. The van der Waals surface area contributed by atoms with Crippen molar-refractivity contribution in [3.63, 3.8) is 0 Å². The lowest BCUT2D eigenvalue weighted by atomic mass is 10.3. The maximum Gasteiger partial charge on any atom is 0.0951 e. The van der Waals surface area contributed by atoms with Crippen LogP contribution in [0.4, 0.5) is 0 Å². The summed E-state index contributed by atoms with van der Waals surface area (Å²) in [6.07, 6.45) is 5.91. The summed E-state index contributed by atoms with van der Waals surface area (Å²) in [5, 5.41) is 3.11. The van der Waals surface area contributed by atoms with Crippen molar-refractivity contribution in [2.45, 2.75) is 36.3 Å². The SMILES string of the molecule is C=CC1(C=C)[Si](C)(c2ccccc2)CCC[Si]1(C)c1ccccc1. The zero-order valence-electron chi connectivity index (χ0n) is 15.0. The van der Waals surface area contributed by atoms with Crippen molar-refractivity contribution in [2.24, 2.45) is 0 Å². The Balaban J connectivity index is 2.26. The van der Waals surface area contributed by atoms with Crippen molar-refractivity contribution in [2.75, 3.05) is 0 Å². The van der Waals surface area contributed by atoms with Crippen LogP contribution in [-0.2, 0) is 0 Å². The standard InChI is InChI=1S/C22H28Si2/c1-5-22(6-2)23(3,20-14-9-7-10-15-20)18-13-19-24(22,4)21-16-11-8-12-17-21/h5-12,14-17H,1-2,13,18-19H2,3-4H3. The Kier molecular flexibility index (Phi) is 4.54. The van der Waals surface area contributed by atoms with E-state index in [1.54, 1.807) is 10.4 Å². The van der Waals surface area contributed by atoms with Crippen LogP contribution >= 0.6 is 0 Å². The molecule has 124 valence electrons. The normalized spacial score (nSPS) is 28.9. The maximum atomic E-state index is 4.37. The van der Waals surface area contributed by atoms with Crippen LogP contribution in [0.1, 0.15) is 6.42 Å². The Morgan fingerprint density at radius 3 is 1.46 bits per heavy atom. The highest BCUT2D eigenvalue weighted by atomic mass is 28.4. The van der Waals surface area contributed by atoms with Gasteiger partial charge in [-0.15, -0.1) is 13.2 Å². The molecule has 0 bridgehead atoms. The van der Waals surface area contributed by atoms with E-state index < -0.39 is 16.1 Å². The van der Waals surface area contributed by atoms with E-state index in [2.05, 4.69) is 99.1 Å². The molecule has 0 saturated carbocycles. The van der Waals surface area contributed by atoms with Gasteiger partial charge in [-0.05, 0) is 0 Å². The van der Waals surface area contributed by atoms with Gasteiger partial charge in [0.25, 0.3) is 0 Å². The molecule has 1 aliphatic rings. The minimum Gasteiger partial charge on any atom is -0.103 e. The lowest BCUT2D eigenvalue weighted by Gasteiger charge is -2.58. The molecule has 0 nitrogen and oxygen atoms in total. The average molecular weight is 349 g/mol. The summed E-state index contributed by atoms with van der Waals surface area (Å²) >= 11 is 0. The molecule has 1 fully saturated rings. The summed E-state index contributed by atoms with van der Waals surface area (Å²) in [5.41, 5.74) is 0. The molecule has 1 heterocycles. The van der Waals surface area contributed by atoms with Crippen molar-refractivity contribution in [3.05, 3.63) is 86.0 Å². The van der Waals surface area contributed by atoms with E-state index in [0.29, 0.717) is 0 Å². The average Bonchev–Trinajstić information content (AvgIpc) is 2.64. The fourth-order valence-electron chi connectivity index (χ4n) is 5.18. The third kappa shape index (κ3) is 2.24. The van der Waals surface area contributed by atoms with Gasteiger partial charge in [-0.25, -0.2) is 0 Å². The molecule has 24 heavy (non-hydrogen) atoms. The maximum absolute atomic E-state index is 4.37. The summed E-state index contributed by atoms with van der Waals surface area (Å²) in [7, 11) is -3.57. The molecule has 0 radical (unpaired) electrons. The number of benzene rings is 2. The van der Waals surface area contributed by atoms with E-state index in [4.69, 9.17) is 0 Å². The van der Waals surface area contributed by atoms with Gasteiger partial charge in [-0.3, -0.25) is 0 Å². The minimum atomic E-state index is -1.78. The highest BCUT2D eigenvalue weighted by Crippen LogP contribution is 2.55. The van der Waals surface area contributed by atoms with E-state index >= 15 is 0 Å². The fraction of sp³-hybridized carbons (Fsp3) is 0.273. The van der Waals surface area contributed by atoms with Gasteiger partial charge in [-0.1, -0.05) is 115 Å². The Bertz CT molecular complexity index is 659. The second-order valence-corrected chi connectivity index (χ2v) is 17.2. The highest BCUT2D eigenvalue weighted by Gasteiger charge is 2.61. The predicted molar refractivity (Wildman–Crippen MR) is 113 cm³/mol. The van der Waals surface area contributed by atoms with E-state index in [1.807, 2.05) is 0 Å². The van der Waals surface area contributed by atoms with Gasteiger partial charge in [0.2, 0.25) is 0 Å². The van der Waals surface area contributed by atoms with Crippen molar-refractivity contribution < 1.29 is 0 Å². The van der Waals surface area contributed by atoms with E-state index in [1.165, 1.54) is 18.5 Å². The molecule has 0 spiro atoms.